The van der Waals surface area contributed by atoms with Gasteiger partial charge in [0.15, 0.2) is 5.03 Å². The van der Waals surface area contributed by atoms with Crippen LogP contribution in [0.25, 0.3) is 0 Å². The lowest BCUT2D eigenvalue weighted by atomic mass is 10.5. The average Bonchev–Trinajstić information content (AvgIpc) is 2.26. The number of nitrogens with one attached hydrogen (secondary N) is 1. The van der Waals surface area contributed by atoms with E-state index < -0.39 is 11.2 Å². The van der Waals surface area contributed by atoms with Gasteiger partial charge in [-0.05, 0) is 0 Å². The highest BCUT2D eigenvalue weighted by molar-refractivity contribution is 7.99. The molecule has 0 aliphatic heterocycles. The fraction of sp³-hybridized carbons (Fsp3) is 0.333. The molecule has 0 aliphatic carbocycles. The van der Waals surface area contributed by atoms with Crippen molar-refractivity contribution in [3.05, 3.63) is 33.5 Å². The van der Waals surface area contributed by atoms with Gasteiger partial charge >= 0.3 is 5.69 Å². The second-order valence-electron chi connectivity index (χ2n) is 2.80. The molecule has 84 valence electrons. The van der Waals surface area contributed by atoms with E-state index in [0.717, 1.165) is 4.68 Å². The van der Waals surface area contributed by atoms with Crippen LogP contribution in [0.15, 0.2) is 27.3 Å². The number of aromatic amines is 1. The van der Waals surface area contributed by atoms with Crippen LogP contribution in [-0.2, 0) is 6.54 Å². The lowest BCUT2D eigenvalue weighted by Crippen LogP contribution is -2.33. The van der Waals surface area contributed by atoms with Crippen LogP contribution < -0.4 is 11.2 Å². The maximum Gasteiger partial charge on any atom is 0.344 e. The summed E-state index contributed by atoms with van der Waals surface area (Å²) >= 11 is 1.19. The minimum atomic E-state index is -0.594. The second kappa shape index (κ2) is 5.92. The predicted octanol–water partition coefficient (Wildman–Crippen LogP) is 0.123. The zero-order chi connectivity index (χ0) is 12.0. The highest BCUT2D eigenvalue weighted by atomic mass is 32.2. The van der Waals surface area contributed by atoms with Gasteiger partial charge in [0.25, 0.3) is 5.56 Å². The molecule has 1 rings (SSSR count). The molecule has 0 fully saturated rings. The fourth-order valence-corrected chi connectivity index (χ4v) is 1.57. The summed E-state index contributed by atoms with van der Waals surface area (Å²) in [4.78, 5) is 24.7. The van der Waals surface area contributed by atoms with Crippen LogP contribution in [0, 0.1) is 11.3 Å². The van der Waals surface area contributed by atoms with E-state index >= 15 is 0 Å². The molecule has 0 saturated heterocycles. The Morgan fingerprint density at radius 1 is 1.62 bits per heavy atom. The van der Waals surface area contributed by atoms with E-state index in [9.17, 15) is 9.59 Å². The van der Waals surface area contributed by atoms with Crippen molar-refractivity contribution >= 4 is 11.8 Å². The molecule has 0 aliphatic rings. The van der Waals surface area contributed by atoms with E-state index in [1.807, 2.05) is 6.07 Å². The standard InChI is InChI=1S/C9H10N4O2S/c1-2-6-16-8-7(14)11-9(15)13(12-8)5-3-4-10/h2H,1,3,5-6H2,(H,11,14,15). The molecule has 1 aromatic heterocycles. The van der Waals surface area contributed by atoms with Gasteiger partial charge in [-0.2, -0.15) is 10.4 Å². The Hall–Kier alpha value is -1.81. The molecule has 1 aromatic rings. The third kappa shape index (κ3) is 3.10. The SMILES string of the molecule is C=CCSc1nn(CCC#N)c(=O)[nH]c1=O. The Morgan fingerprint density at radius 2 is 2.38 bits per heavy atom. The fourth-order valence-electron chi connectivity index (χ4n) is 0.955. The maximum absolute atomic E-state index is 11.3. The summed E-state index contributed by atoms with van der Waals surface area (Å²) in [6.45, 7) is 3.70. The molecule has 0 bridgehead atoms. The van der Waals surface area contributed by atoms with Gasteiger partial charge in [-0.25, -0.2) is 9.48 Å². The van der Waals surface area contributed by atoms with E-state index in [0.29, 0.717) is 5.75 Å². The lowest BCUT2D eigenvalue weighted by molar-refractivity contribution is 0.536. The Balaban J connectivity index is 3.02. The molecule has 0 aromatic carbocycles. The third-order valence-corrected chi connectivity index (χ3v) is 2.58. The lowest BCUT2D eigenvalue weighted by Gasteiger charge is -2.02. The van der Waals surface area contributed by atoms with Crippen LogP contribution in [-0.4, -0.2) is 20.5 Å². The van der Waals surface area contributed by atoms with Crippen LogP contribution in [0.5, 0.6) is 0 Å². The molecule has 1 N–H and O–H groups in total. The van der Waals surface area contributed by atoms with E-state index in [1.54, 1.807) is 6.08 Å². The molecule has 0 radical (unpaired) electrons. The van der Waals surface area contributed by atoms with Gasteiger partial charge in [-0.15, -0.1) is 6.58 Å². The van der Waals surface area contributed by atoms with Gasteiger partial charge in [0, 0.05) is 5.75 Å². The van der Waals surface area contributed by atoms with Crippen molar-refractivity contribution in [2.75, 3.05) is 5.75 Å². The Bertz CT molecular complexity index is 526. The monoisotopic (exact) mass is 238 g/mol. The molecular weight excluding hydrogens is 228 g/mol. The summed E-state index contributed by atoms with van der Waals surface area (Å²) in [7, 11) is 0. The molecule has 0 spiro atoms. The first kappa shape index (κ1) is 12.3. The van der Waals surface area contributed by atoms with Crippen molar-refractivity contribution in [3.8, 4) is 6.07 Å². The van der Waals surface area contributed by atoms with Crippen LogP contribution >= 0.6 is 11.8 Å². The smallest absolute Gasteiger partial charge is 0.270 e. The second-order valence-corrected chi connectivity index (χ2v) is 3.80. The summed E-state index contributed by atoms with van der Waals surface area (Å²) in [6, 6.07) is 1.91. The van der Waals surface area contributed by atoms with Crippen molar-refractivity contribution < 1.29 is 0 Å². The summed E-state index contributed by atoms with van der Waals surface area (Å²) in [5, 5.41) is 12.5. The summed E-state index contributed by atoms with van der Waals surface area (Å²) in [5.74, 6) is 0.534. The van der Waals surface area contributed by atoms with Gasteiger partial charge in [-0.3, -0.25) is 9.78 Å². The summed E-state index contributed by atoms with van der Waals surface area (Å²) in [5.41, 5.74) is -1.10. The quantitative estimate of drug-likeness (QED) is 0.581. The molecule has 0 atom stereocenters. The minimum absolute atomic E-state index is 0.171. The number of hydrogen-bond donors (Lipinski definition) is 1. The molecular formula is C9H10N4O2S. The van der Waals surface area contributed by atoms with E-state index in [-0.39, 0.29) is 18.0 Å². The number of aromatic nitrogens is 3. The molecule has 7 heteroatoms. The highest BCUT2D eigenvalue weighted by Crippen LogP contribution is 2.07. The number of thioether (sulfide) groups is 1. The topological polar surface area (TPSA) is 91.5 Å². The van der Waals surface area contributed by atoms with Crippen molar-refractivity contribution in [2.24, 2.45) is 0 Å². The molecule has 1 heterocycles. The number of H-pyrrole nitrogens is 1. The van der Waals surface area contributed by atoms with Gasteiger partial charge < -0.3 is 0 Å². The zero-order valence-electron chi connectivity index (χ0n) is 8.47. The van der Waals surface area contributed by atoms with E-state index in [1.165, 1.54) is 11.8 Å². The van der Waals surface area contributed by atoms with Crippen LogP contribution in [0.3, 0.4) is 0 Å². The van der Waals surface area contributed by atoms with Crippen molar-refractivity contribution in [1.82, 2.24) is 14.8 Å². The van der Waals surface area contributed by atoms with Gasteiger partial charge in [0.1, 0.15) is 0 Å². The predicted molar refractivity (Wildman–Crippen MR) is 60.3 cm³/mol. The van der Waals surface area contributed by atoms with Crippen molar-refractivity contribution in [2.45, 2.75) is 18.0 Å². The molecule has 16 heavy (non-hydrogen) atoms. The molecule has 0 amide bonds. The van der Waals surface area contributed by atoms with Gasteiger partial charge in [0.05, 0.1) is 19.0 Å². The number of rotatable bonds is 5. The van der Waals surface area contributed by atoms with Gasteiger partial charge in [0.2, 0.25) is 0 Å². The Kier molecular flexibility index (Phi) is 4.54. The van der Waals surface area contributed by atoms with Crippen molar-refractivity contribution in [1.29, 1.82) is 5.26 Å². The number of nitrogens with zero attached hydrogens (tertiary/aromatic N) is 3. The van der Waals surface area contributed by atoms with E-state index in [4.69, 9.17) is 5.26 Å². The van der Waals surface area contributed by atoms with Crippen LogP contribution in [0.4, 0.5) is 0 Å². The normalized spacial score (nSPS) is 9.69. The van der Waals surface area contributed by atoms with Crippen LogP contribution in [0.1, 0.15) is 6.42 Å². The number of aryl methyl sites for hydroxylation is 1. The van der Waals surface area contributed by atoms with Crippen LogP contribution in [0.2, 0.25) is 0 Å². The summed E-state index contributed by atoms with van der Waals surface area (Å²) in [6.07, 6.45) is 1.81. The number of hydrogen-bond acceptors (Lipinski definition) is 5. The minimum Gasteiger partial charge on any atom is -0.270 e. The first-order valence-corrected chi connectivity index (χ1v) is 5.49. The summed E-state index contributed by atoms with van der Waals surface area (Å²) < 4.78 is 1.08. The number of nitriles is 1. The Labute approximate surface area is 95.6 Å². The van der Waals surface area contributed by atoms with Gasteiger partial charge in [-0.1, -0.05) is 17.8 Å². The highest BCUT2D eigenvalue weighted by Gasteiger charge is 2.06. The van der Waals surface area contributed by atoms with Crippen molar-refractivity contribution in [3.63, 3.8) is 0 Å². The molecule has 0 saturated carbocycles. The molecule has 6 nitrogen and oxygen atoms in total. The zero-order valence-corrected chi connectivity index (χ0v) is 9.29. The van der Waals surface area contributed by atoms with E-state index in [2.05, 4.69) is 16.7 Å². The largest absolute Gasteiger partial charge is 0.344 e. The first-order chi connectivity index (χ1) is 7.69. The Morgan fingerprint density at radius 3 is 3.00 bits per heavy atom. The molecule has 0 unspecified atom stereocenters. The third-order valence-electron chi connectivity index (χ3n) is 1.63. The first-order valence-electron chi connectivity index (χ1n) is 4.51. The average molecular weight is 238 g/mol. The maximum atomic E-state index is 11.3.